The van der Waals surface area contributed by atoms with Crippen molar-refractivity contribution in [2.75, 3.05) is 13.2 Å². The Morgan fingerprint density at radius 3 is 1.30 bits per heavy atom. The van der Waals surface area contributed by atoms with Gasteiger partial charge in [-0.25, -0.2) is 0 Å². The van der Waals surface area contributed by atoms with Gasteiger partial charge in [0.1, 0.15) is 0 Å². The third-order valence-corrected chi connectivity index (χ3v) is 3.58. The molecule has 0 unspecified atom stereocenters. The maximum atomic E-state index is 11.4. The maximum absolute atomic E-state index is 11.4. The zero-order chi connectivity index (χ0) is 14.5. The Bertz CT molecular complexity index is 250. The molecule has 0 bridgehead atoms. The van der Waals surface area contributed by atoms with Gasteiger partial charge in [-0.2, -0.15) is 0 Å². The van der Waals surface area contributed by atoms with Gasteiger partial charge in [0.2, 0.25) is 0 Å². The molecule has 0 aromatic rings. The highest BCUT2D eigenvalue weighted by atomic mass is 16.5. The van der Waals surface area contributed by atoms with Gasteiger partial charge in [-0.05, 0) is 32.1 Å². The van der Waals surface area contributed by atoms with Crippen molar-refractivity contribution in [1.29, 1.82) is 0 Å². The molecule has 0 aromatic carbocycles. The van der Waals surface area contributed by atoms with E-state index in [0.29, 0.717) is 26.1 Å². The number of cyclic esters (lactones) is 2. The Balaban J connectivity index is 2.19. The topological polar surface area (TPSA) is 52.6 Å². The Kier molecular flexibility index (Phi) is 9.98. The maximum Gasteiger partial charge on any atom is 0.305 e. The van der Waals surface area contributed by atoms with Crippen LogP contribution < -0.4 is 0 Å². The average molecular weight is 284 g/mol. The number of carbonyl (C=O) groups is 2. The first kappa shape index (κ1) is 17.0. The van der Waals surface area contributed by atoms with Crippen molar-refractivity contribution < 1.29 is 19.1 Å². The SMILES string of the molecule is O=C1CCCCCCCCCC(=O)OCCCCCO1. The second-order valence-electron chi connectivity index (χ2n) is 5.48. The molecule has 0 atom stereocenters. The predicted octanol–water partition coefficient (Wildman–Crippen LogP) is 3.77. The largest absolute Gasteiger partial charge is 0.466 e. The van der Waals surface area contributed by atoms with Crippen LogP contribution in [0.5, 0.6) is 0 Å². The molecule has 1 rings (SSSR count). The summed E-state index contributed by atoms with van der Waals surface area (Å²) in [6.45, 7) is 0.986. The third kappa shape index (κ3) is 9.82. The van der Waals surface area contributed by atoms with Crippen LogP contribution in [0.15, 0.2) is 0 Å². The molecule has 1 fully saturated rings. The first-order valence-corrected chi connectivity index (χ1v) is 8.10. The fourth-order valence-electron chi connectivity index (χ4n) is 2.32. The van der Waals surface area contributed by atoms with E-state index >= 15 is 0 Å². The van der Waals surface area contributed by atoms with Crippen LogP contribution in [0.2, 0.25) is 0 Å². The second kappa shape index (κ2) is 11.7. The van der Waals surface area contributed by atoms with Crippen LogP contribution in [0.4, 0.5) is 0 Å². The van der Waals surface area contributed by atoms with Crippen LogP contribution in [0, 0.1) is 0 Å². The standard InChI is InChI=1S/C16H28O4/c17-15-11-7-4-2-1-3-5-8-12-16(18)20-14-10-6-9-13-19-15/h1-14H2. The molecule has 116 valence electrons. The molecule has 0 aliphatic carbocycles. The smallest absolute Gasteiger partial charge is 0.305 e. The Morgan fingerprint density at radius 2 is 0.850 bits per heavy atom. The van der Waals surface area contributed by atoms with E-state index in [-0.39, 0.29) is 11.9 Å². The summed E-state index contributed by atoms with van der Waals surface area (Å²) in [5.41, 5.74) is 0. The number of esters is 2. The first-order chi connectivity index (χ1) is 9.79. The van der Waals surface area contributed by atoms with E-state index in [9.17, 15) is 9.59 Å². The average Bonchev–Trinajstić information content (AvgIpc) is 2.43. The Morgan fingerprint density at radius 1 is 0.500 bits per heavy atom. The predicted molar refractivity (Wildman–Crippen MR) is 77.3 cm³/mol. The lowest BCUT2D eigenvalue weighted by molar-refractivity contribution is -0.144. The minimum absolute atomic E-state index is 0.0717. The number of hydrogen-bond acceptors (Lipinski definition) is 4. The van der Waals surface area contributed by atoms with E-state index in [4.69, 9.17) is 9.47 Å². The van der Waals surface area contributed by atoms with Gasteiger partial charge < -0.3 is 9.47 Å². The summed E-state index contributed by atoms with van der Waals surface area (Å²) in [6.07, 6.45) is 11.3. The summed E-state index contributed by atoms with van der Waals surface area (Å²) in [5.74, 6) is -0.143. The van der Waals surface area contributed by atoms with Gasteiger partial charge in [-0.15, -0.1) is 0 Å². The fraction of sp³-hybridized carbons (Fsp3) is 0.875. The van der Waals surface area contributed by atoms with Gasteiger partial charge in [0.15, 0.2) is 0 Å². The van der Waals surface area contributed by atoms with E-state index < -0.39 is 0 Å². The highest BCUT2D eigenvalue weighted by Gasteiger charge is 2.05. The monoisotopic (exact) mass is 284 g/mol. The van der Waals surface area contributed by atoms with Gasteiger partial charge >= 0.3 is 11.9 Å². The van der Waals surface area contributed by atoms with Crippen molar-refractivity contribution in [3.63, 3.8) is 0 Å². The summed E-state index contributed by atoms with van der Waals surface area (Å²) in [7, 11) is 0. The van der Waals surface area contributed by atoms with Crippen LogP contribution in [0.25, 0.3) is 0 Å². The normalized spacial score (nSPS) is 22.2. The van der Waals surface area contributed by atoms with E-state index in [2.05, 4.69) is 0 Å². The molecule has 0 amide bonds. The van der Waals surface area contributed by atoms with E-state index in [0.717, 1.165) is 57.8 Å². The number of hydrogen-bond donors (Lipinski definition) is 0. The number of ether oxygens (including phenoxy) is 2. The molecule has 0 N–H and O–H groups in total. The lowest BCUT2D eigenvalue weighted by atomic mass is 10.1. The summed E-state index contributed by atoms with van der Waals surface area (Å²) >= 11 is 0. The van der Waals surface area contributed by atoms with Crippen molar-refractivity contribution in [3.05, 3.63) is 0 Å². The third-order valence-electron chi connectivity index (χ3n) is 3.58. The molecule has 0 aromatic heterocycles. The minimum Gasteiger partial charge on any atom is -0.466 e. The van der Waals surface area contributed by atoms with Gasteiger partial charge in [0.25, 0.3) is 0 Å². The lowest BCUT2D eigenvalue weighted by Gasteiger charge is -2.07. The van der Waals surface area contributed by atoms with Crippen LogP contribution in [0.1, 0.15) is 77.0 Å². The molecule has 4 nitrogen and oxygen atoms in total. The molecule has 1 aliphatic heterocycles. The molecule has 4 heteroatoms. The highest BCUT2D eigenvalue weighted by molar-refractivity contribution is 5.69. The summed E-state index contributed by atoms with van der Waals surface area (Å²) in [5, 5.41) is 0. The summed E-state index contributed by atoms with van der Waals surface area (Å²) in [4.78, 5) is 22.9. The zero-order valence-electron chi connectivity index (χ0n) is 12.5. The Labute approximate surface area is 122 Å². The van der Waals surface area contributed by atoms with E-state index in [1.54, 1.807) is 0 Å². The van der Waals surface area contributed by atoms with Crippen molar-refractivity contribution >= 4 is 11.9 Å². The number of rotatable bonds is 0. The van der Waals surface area contributed by atoms with E-state index in [1.165, 1.54) is 6.42 Å². The van der Waals surface area contributed by atoms with Gasteiger partial charge in [-0.3, -0.25) is 9.59 Å². The van der Waals surface area contributed by atoms with Gasteiger partial charge in [0.05, 0.1) is 13.2 Å². The lowest BCUT2D eigenvalue weighted by Crippen LogP contribution is -2.07. The molecule has 0 radical (unpaired) electrons. The summed E-state index contributed by atoms with van der Waals surface area (Å²) < 4.78 is 10.3. The molecule has 1 heterocycles. The summed E-state index contributed by atoms with van der Waals surface area (Å²) in [6, 6.07) is 0. The minimum atomic E-state index is -0.0717. The quantitative estimate of drug-likeness (QED) is 0.635. The van der Waals surface area contributed by atoms with Crippen LogP contribution in [-0.2, 0) is 19.1 Å². The molecular formula is C16H28O4. The second-order valence-corrected chi connectivity index (χ2v) is 5.48. The first-order valence-electron chi connectivity index (χ1n) is 8.10. The molecule has 0 spiro atoms. The Hall–Kier alpha value is -1.06. The molecule has 20 heavy (non-hydrogen) atoms. The molecule has 1 aliphatic rings. The van der Waals surface area contributed by atoms with Crippen molar-refractivity contribution in [2.45, 2.75) is 77.0 Å². The number of carbonyl (C=O) groups excluding carboxylic acids is 2. The van der Waals surface area contributed by atoms with Crippen molar-refractivity contribution in [1.82, 2.24) is 0 Å². The van der Waals surface area contributed by atoms with Crippen LogP contribution >= 0.6 is 0 Å². The molecule has 0 saturated carbocycles. The van der Waals surface area contributed by atoms with Gasteiger partial charge in [0, 0.05) is 12.8 Å². The highest BCUT2D eigenvalue weighted by Crippen LogP contribution is 2.11. The fourth-order valence-corrected chi connectivity index (χ4v) is 2.32. The molecular weight excluding hydrogens is 256 g/mol. The molecule has 1 saturated heterocycles. The van der Waals surface area contributed by atoms with Crippen molar-refractivity contribution in [2.24, 2.45) is 0 Å². The van der Waals surface area contributed by atoms with Gasteiger partial charge in [-0.1, -0.05) is 32.1 Å². The van der Waals surface area contributed by atoms with E-state index in [1.807, 2.05) is 0 Å². The van der Waals surface area contributed by atoms with Crippen molar-refractivity contribution in [3.8, 4) is 0 Å². The van der Waals surface area contributed by atoms with Crippen LogP contribution in [-0.4, -0.2) is 25.2 Å². The zero-order valence-corrected chi connectivity index (χ0v) is 12.5. The van der Waals surface area contributed by atoms with Crippen LogP contribution in [0.3, 0.4) is 0 Å².